The lowest BCUT2D eigenvalue weighted by molar-refractivity contribution is -0.121. The van der Waals surface area contributed by atoms with Crippen LogP contribution >= 0.6 is 0 Å². The zero-order chi connectivity index (χ0) is 24.1. The second kappa shape index (κ2) is 13.4. The van der Waals surface area contributed by atoms with E-state index in [4.69, 9.17) is 9.47 Å². The molecule has 10 nitrogen and oxygen atoms in total. The Morgan fingerprint density at radius 3 is 1.61 bits per heavy atom. The molecule has 176 valence electrons. The number of unbranched alkanes of at least 4 members (excludes halogenated alkanes) is 2. The molecule has 2 rings (SSSR count). The lowest BCUT2D eigenvalue weighted by Gasteiger charge is -2.04. The highest BCUT2D eigenvalue weighted by Gasteiger charge is 2.04. The van der Waals surface area contributed by atoms with E-state index in [-0.39, 0.29) is 23.3 Å². The molecular formula is C23H28N4O6. The summed E-state index contributed by atoms with van der Waals surface area (Å²) < 4.78 is 10.0. The van der Waals surface area contributed by atoms with Gasteiger partial charge in [0.25, 0.3) is 0 Å². The first-order valence-electron chi connectivity index (χ1n) is 10.3. The molecule has 0 aliphatic carbocycles. The number of phenolic OH excluding ortho intramolecular Hbond substituents is 2. The Kier molecular flexibility index (Phi) is 10.2. The molecule has 0 atom stereocenters. The van der Waals surface area contributed by atoms with Crippen molar-refractivity contribution in [1.82, 2.24) is 10.9 Å². The fourth-order valence-corrected chi connectivity index (χ4v) is 2.77. The van der Waals surface area contributed by atoms with Gasteiger partial charge in [-0.05, 0) is 60.4 Å². The number of nitrogens with zero attached hydrogens (tertiary/aromatic N) is 2. The highest BCUT2D eigenvalue weighted by molar-refractivity contribution is 5.84. The Balaban J connectivity index is 1.60. The van der Waals surface area contributed by atoms with Gasteiger partial charge in [0.15, 0.2) is 23.0 Å². The minimum atomic E-state index is -0.227. The standard InChI is InChI=1S/C23H28N4O6/c1-32-20-12-16(8-10-18(20)28)14-24-26-22(30)6-4-3-5-7-23(31)27-25-15-17-9-11-19(29)21(13-17)33-2/h8-15,28-29H,3-7H2,1-2H3,(H,26,30)(H,27,31)/b24-14-,25-15+. The van der Waals surface area contributed by atoms with Gasteiger partial charge in [-0.3, -0.25) is 9.59 Å². The number of hydrogen-bond donors (Lipinski definition) is 4. The molecule has 0 saturated heterocycles. The molecule has 2 aromatic rings. The third-order valence-corrected chi connectivity index (χ3v) is 4.52. The molecule has 33 heavy (non-hydrogen) atoms. The Morgan fingerprint density at radius 2 is 1.21 bits per heavy atom. The molecule has 0 radical (unpaired) electrons. The number of phenols is 2. The minimum absolute atomic E-state index is 0.0252. The fourth-order valence-electron chi connectivity index (χ4n) is 2.77. The summed E-state index contributed by atoms with van der Waals surface area (Å²) >= 11 is 0. The highest BCUT2D eigenvalue weighted by Crippen LogP contribution is 2.26. The van der Waals surface area contributed by atoms with Crippen molar-refractivity contribution in [3.05, 3.63) is 47.5 Å². The predicted molar refractivity (Wildman–Crippen MR) is 124 cm³/mol. The van der Waals surface area contributed by atoms with Crippen molar-refractivity contribution in [1.29, 1.82) is 0 Å². The Labute approximate surface area is 191 Å². The number of hydrogen-bond acceptors (Lipinski definition) is 8. The first kappa shape index (κ1) is 25.2. The molecular weight excluding hydrogens is 428 g/mol. The lowest BCUT2D eigenvalue weighted by Crippen LogP contribution is -2.18. The summed E-state index contributed by atoms with van der Waals surface area (Å²) in [4.78, 5) is 23.7. The zero-order valence-corrected chi connectivity index (χ0v) is 18.6. The molecule has 0 aromatic heterocycles. The Morgan fingerprint density at radius 1 is 0.788 bits per heavy atom. The van der Waals surface area contributed by atoms with Gasteiger partial charge in [0, 0.05) is 12.8 Å². The Bertz CT molecular complexity index is 927. The van der Waals surface area contributed by atoms with Crippen LogP contribution in [-0.4, -0.2) is 48.7 Å². The topological polar surface area (TPSA) is 142 Å². The van der Waals surface area contributed by atoms with Crippen molar-refractivity contribution in [2.75, 3.05) is 14.2 Å². The minimum Gasteiger partial charge on any atom is -0.504 e. The van der Waals surface area contributed by atoms with Crippen LogP contribution in [0.2, 0.25) is 0 Å². The van der Waals surface area contributed by atoms with Crippen LogP contribution in [0, 0.1) is 0 Å². The molecule has 0 unspecified atom stereocenters. The van der Waals surface area contributed by atoms with Crippen molar-refractivity contribution < 1.29 is 29.3 Å². The van der Waals surface area contributed by atoms with Crippen LogP contribution < -0.4 is 20.3 Å². The third kappa shape index (κ3) is 8.90. The monoisotopic (exact) mass is 456 g/mol. The van der Waals surface area contributed by atoms with Crippen molar-refractivity contribution >= 4 is 24.2 Å². The van der Waals surface area contributed by atoms with Gasteiger partial charge in [0.05, 0.1) is 26.6 Å². The first-order valence-corrected chi connectivity index (χ1v) is 10.3. The molecule has 0 bridgehead atoms. The smallest absolute Gasteiger partial charge is 0.240 e. The van der Waals surface area contributed by atoms with E-state index in [0.29, 0.717) is 54.7 Å². The molecule has 0 fully saturated rings. The molecule has 4 N–H and O–H groups in total. The molecule has 2 aromatic carbocycles. The molecule has 0 saturated carbocycles. The number of amides is 2. The maximum atomic E-state index is 11.8. The first-order chi connectivity index (χ1) is 15.9. The number of ether oxygens (including phenoxy) is 2. The van der Waals surface area contributed by atoms with Crippen LogP contribution in [0.15, 0.2) is 46.6 Å². The van der Waals surface area contributed by atoms with Crippen LogP contribution in [0.1, 0.15) is 43.2 Å². The van der Waals surface area contributed by atoms with E-state index in [2.05, 4.69) is 21.1 Å². The normalized spacial score (nSPS) is 11.0. The molecule has 0 spiro atoms. The van der Waals surface area contributed by atoms with Crippen molar-refractivity contribution in [2.45, 2.75) is 32.1 Å². The maximum Gasteiger partial charge on any atom is 0.240 e. The van der Waals surface area contributed by atoms with Crippen molar-refractivity contribution in [3.63, 3.8) is 0 Å². The summed E-state index contributed by atoms with van der Waals surface area (Å²) in [6.07, 6.45) is 5.45. The summed E-state index contributed by atoms with van der Waals surface area (Å²) in [5.74, 6) is 0.237. The van der Waals surface area contributed by atoms with Crippen LogP contribution in [-0.2, 0) is 9.59 Å². The summed E-state index contributed by atoms with van der Waals surface area (Å²) in [5, 5.41) is 26.9. The third-order valence-electron chi connectivity index (χ3n) is 4.52. The number of benzene rings is 2. The van der Waals surface area contributed by atoms with Crippen LogP contribution in [0.4, 0.5) is 0 Å². The number of carbonyl (C=O) groups excluding carboxylic acids is 2. The second-order valence-corrected chi connectivity index (χ2v) is 7.01. The SMILES string of the molecule is COc1cc(/C=N\NC(=O)CCCCCC(=O)N/N=C/c2ccc(O)c(OC)c2)ccc1O. The summed E-state index contributed by atoms with van der Waals surface area (Å²) in [5.41, 5.74) is 6.22. The van der Waals surface area contributed by atoms with Crippen molar-refractivity contribution in [2.24, 2.45) is 10.2 Å². The van der Waals surface area contributed by atoms with E-state index in [1.54, 1.807) is 24.3 Å². The largest absolute Gasteiger partial charge is 0.504 e. The molecule has 0 aliphatic heterocycles. The highest BCUT2D eigenvalue weighted by atomic mass is 16.5. The van der Waals surface area contributed by atoms with Gasteiger partial charge in [-0.2, -0.15) is 10.2 Å². The number of methoxy groups -OCH3 is 2. The van der Waals surface area contributed by atoms with E-state index < -0.39 is 0 Å². The van der Waals surface area contributed by atoms with E-state index in [9.17, 15) is 19.8 Å². The zero-order valence-electron chi connectivity index (χ0n) is 18.6. The van der Waals surface area contributed by atoms with E-state index >= 15 is 0 Å². The number of hydrazone groups is 2. The summed E-state index contributed by atoms with van der Waals surface area (Å²) in [6, 6.07) is 9.44. The average molecular weight is 456 g/mol. The quantitative estimate of drug-likeness (QED) is 0.220. The number of nitrogens with one attached hydrogen (secondary N) is 2. The summed E-state index contributed by atoms with van der Waals surface area (Å²) in [6.45, 7) is 0. The molecule has 2 amide bonds. The average Bonchev–Trinajstić information content (AvgIpc) is 2.81. The van der Waals surface area contributed by atoms with Crippen LogP contribution in [0.5, 0.6) is 23.0 Å². The number of rotatable bonds is 12. The van der Waals surface area contributed by atoms with Crippen LogP contribution in [0.25, 0.3) is 0 Å². The van der Waals surface area contributed by atoms with Crippen LogP contribution in [0.3, 0.4) is 0 Å². The summed E-state index contributed by atoms with van der Waals surface area (Å²) in [7, 11) is 2.90. The van der Waals surface area contributed by atoms with E-state index in [1.165, 1.54) is 38.8 Å². The van der Waals surface area contributed by atoms with E-state index in [1.807, 2.05) is 0 Å². The predicted octanol–water partition coefficient (Wildman–Crippen LogP) is 2.67. The molecule has 10 heteroatoms. The van der Waals surface area contributed by atoms with Gasteiger partial charge >= 0.3 is 0 Å². The molecule has 0 heterocycles. The van der Waals surface area contributed by atoms with Gasteiger partial charge in [-0.25, -0.2) is 10.9 Å². The number of carbonyl (C=O) groups is 2. The second-order valence-electron chi connectivity index (χ2n) is 7.01. The molecule has 0 aliphatic rings. The van der Waals surface area contributed by atoms with Gasteiger partial charge in [0.1, 0.15) is 0 Å². The van der Waals surface area contributed by atoms with Gasteiger partial charge in [-0.15, -0.1) is 0 Å². The lowest BCUT2D eigenvalue weighted by atomic mass is 10.1. The van der Waals surface area contributed by atoms with E-state index in [0.717, 1.165) is 0 Å². The maximum absolute atomic E-state index is 11.8. The van der Waals surface area contributed by atoms with Gasteiger partial charge < -0.3 is 19.7 Å². The Hall–Kier alpha value is -4.08. The number of aromatic hydroxyl groups is 2. The van der Waals surface area contributed by atoms with Gasteiger partial charge in [0.2, 0.25) is 11.8 Å². The van der Waals surface area contributed by atoms with Crippen molar-refractivity contribution in [3.8, 4) is 23.0 Å². The fraction of sp³-hybridized carbons (Fsp3) is 0.304. The van der Waals surface area contributed by atoms with Gasteiger partial charge in [-0.1, -0.05) is 6.42 Å².